The molecule has 6 rings (SSSR count). The van der Waals surface area contributed by atoms with Crippen LogP contribution >= 0.6 is 0 Å². The van der Waals surface area contributed by atoms with Crippen molar-refractivity contribution in [2.75, 3.05) is 11.9 Å². The lowest BCUT2D eigenvalue weighted by molar-refractivity contribution is -0.186. The Balaban J connectivity index is 1.39. The number of rotatable bonds is 7. The van der Waals surface area contributed by atoms with E-state index in [4.69, 9.17) is 9.47 Å². The summed E-state index contributed by atoms with van der Waals surface area (Å²) in [4.78, 5) is 25.6. The topological polar surface area (TPSA) is 107 Å². The van der Waals surface area contributed by atoms with Crippen LogP contribution in [0.4, 0.5) is 10.1 Å². The smallest absolute Gasteiger partial charge is 0.257 e. The Kier molecular flexibility index (Phi) is 6.89. The molecule has 2 atom stereocenters. The highest BCUT2D eigenvalue weighted by Crippen LogP contribution is 2.38. The van der Waals surface area contributed by atoms with Crippen LogP contribution in [0, 0.1) is 5.82 Å². The summed E-state index contributed by atoms with van der Waals surface area (Å²) in [7, 11) is 0. The van der Waals surface area contributed by atoms with Gasteiger partial charge in [0, 0.05) is 42.3 Å². The van der Waals surface area contributed by atoms with Crippen molar-refractivity contribution in [2.45, 2.75) is 64.4 Å². The molecule has 9 nitrogen and oxygen atoms in total. The number of carbonyl (C=O) groups is 1. The first-order valence-corrected chi connectivity index (χ1v) is 13.6. The molecular formula is C30H31FN4O5. The SMILES string of the molecule is CC(O)=c1cc(C(=O)Nc2cc(C(C)OC3CCCCO3)cc(-c3cnn(C4CC4)c3)c2F)c2cc(=O)ccn12. The molecule has 1 aromatic carbocycles. The van der Waals surface area contributed by atoms with Crippen molar-refractivity contribution in [1.29, 1.82) is 0 Å². The van der Waals surface area contributed by atoms with E-state index in [1.54, 1.807) is 22.7 Å². The summed E-state index contributed by atoms with van der Waals surface area (Å²) >= 11 is 0. The van der Waals surface area contributed by atoms with Crippen LogP contribution in [0.3, 0.4) is 0 Å². The Morgan fingerprint density at radius 1 is 1.23 bits per heavy atom. The third kappa shape index (κ3) is 5.12. The van der Waals surface area contributed by atoms with Gasteiger partial charge in [-0.2, -0.15) is 5.10 Å². The summed E-state index contributed by atoms with van der Waals surface area (Å²) in [5.41, 5.74) is 1.69. The number of nitrogens with zero attached hydrogens (tertiary/aromatic N) is 3. The fourth-order valence-corrected chi connectivity index (χ4v) is 5.15. The summed E-state index contributed by atoms with van der Waals surface area (Å²) < 4.78 is 31.4. The zero-order valence-corrected chi connectivity index (χ0v) is 22.4. The van der Waals surface area contributed by atoms with Gasteiger partial charge < -0.3 is 24.3 Å². The first-order valence-electron chi connectivity index (χ1n) is 13.6. The van der Waals surface area contributed by atoms with Gasteiger partial charge in [0.1, 0.15) is 5.76 Å². The molecule has 0 radical (unpaired) electrons. The van der Waals surface area contributed by atoms with E-state index in [0.717, 1.165) is 32.1 Å². The number of ether oxygens (including phenoxy) is 2. The highest BCUT2D eigenvalue weighted by Gasteiger charge is 2.26. The minimum Gasteiger partial charge on any atom is -0.510 e. The molecular weight excluding hydrogens is 515 g/mol. The Morgan fingerprint density at radius 3 is 2.77 bits per heavy atom. The number of benzene rings is 1. The molecule has 0 bridgehead atoms. The molecule has 208 valence electrons. The maximum Gasteiger partial charge on any atom is 0.257 e. The van der Waals surface area contributed by atoms with Gasteiger partial charge in [0.2, 0.25) is 0 Å². The second-order valence-electron chi connectivity index (χ2n) is 10.5. The van der Waals surface area contributed by atoms with Crippen LogP contribution in [-0.4, -0.2) is 38.1 Å². The molecule has 3 aromatic heterocycles. The zero-order valence-electron chi connectivity index (χ0n) is 22.4. The number of aromatic nitrogens is 3. The standard InChI is InChI=1S/C30H31FN4O5/c1-17(36)26-14-24(27-13-22(37)8-9-34(26)27)30(38)33-25-12-19(18(2)40-28-5-3-4-10-39-28)11-23(29(25)31)20-15-32-35(16-20)21-6-7-21/h8-9,11-16,18,21,28,36H,3-7,10H2,1-2H3,(H,33,38). The molecule has 4 heterocycles. The van der Waals surface area contributed by atoms with Crippen LogP contribution in [0.2, 0.25) is 0 Å². The Bertz CT molecular complexity index is 1700. The second kappa shape index (κ2) is 10.5. The van der Waals surface area contributed by atoms with Gasteiger partial charge in [-0.05, 0) is 69.7 Å². The highest BCUT2D eigenvalue weighted by molar-refractivity contribution is 6.09. The van der Waals surface area contributed by atoms with Crippen molar-refractivity contribution in [3.8, 4) is 11.1 Å². The Morgan fingerprint density at radius 2 is 2.05 bits per heavy atom. The highest BCUT2D eigenvalue weighted by atomic mass is 19.1. The van der Waals surface area contributed by atoms with Crippen molar-refractivity contribution in [1.82, 2.24) is 14.2 Å². The molecule has 0 spiro atoms. The monoisotopic (exact) mass is 546 g/mol. The van der Waals surface area contributed by atoms with Gasteiger partial charge in [-0.15, -0.1) is 0 Å². The summed E-state index contributed by atoms with van der Waals surface area (Å²) in [6, 6.07) is 7.76. The number of pyridine rings is 1. The summed E-state index contributed by atoms with van der Waals surface area (Å²) in [6.07, 6.45) is 9.03. The van der Waals surface area contributed by atoms with Crippen molar-refractivity contribution >= 4 is 22.9 Å². The lowest BCUT2D eigenvalue weighted by atomic mass is 10.0. The van der Waals surface area contributed by atoms with E-state index in [9.17, 15) is 14.7 Å². The van der Waals surface area contributed by atoms with E-state index in [-0.39, 0.29) is 28.7 Å². The van der Waals surface area contributed by atoms with Crippen molar-refractivity contribution in [3.63, 3.8) is 0 Å². The van der Waals surface area contributed by atoms with Crippen molar-refractivity contribution in [3.05, 3.63) is 81.4 Å². The Hall–Kier alpha value is -4.02. The van der Waals surface area contributed by atoms with Gasteiger partial charge in [-0.3, -0.25) is 14.3 Å². The molecule has 1 saturated heterocycles. The number of nitrogens with one attached hydrogen (secondary N) is 1. The molecule has 4 aromatic rings. The van der Waals surface area contributed by atoms with E-state index in [1.165, 1.54) is 31.3 Å². The van der Waals surface area contributed by atoms with E-state index >= 15 is 4.39 Å². The molecule has 10 heteroatoms. The van der Waals surface area contributed by atoms with Gasteiger partial charge in [0.15, 0.2) is 17.5 Å². The number of amides is 1. The quantitative estimate of drug-likeness (QED) is 0.342. The summed E-state index contributed by atoms with van der Waals surface area (Å²) in [5, 5.41) is 17.6. The molecule has 1 amide bonds. The average molecular weight is 547 g/mol. The molecule has 1 saturated carbocycles. The van der Waals surface area contributed by atoms with Crippen LogP contribution in [0.15, 0.2) is 53.7 Å². The largest absolute Gasteiger partial charge is 0.510 e. The molecule has 2 unspecified atom stereocenters. The maximum absolute atomic E-state index is 16.1. The van der Waals surface area contributed by atoms with E-state index in [0.29, 0.717) is 40.2 Å². The predicted octanol–water partition coefficient (Wildman–Crippen LogP) is 4.90. The number of aliphatic hydroxyl groups is 1. The van der Waals surface area contributed by atoms with Gasteiger partial charge in [-0.25, -0.2) is 4.39 Å². The van der Waals surface area contributed by atoms with Crippen molar-refractivity contribution < 1.29 is 23.8 Å². The normalized spacial score (nSPS) is 19.0. The second-order valence-corrected chi connectivity index (χ2v) is 10.5. The molecule has 2 fully saturated rings. The minimum absolute atomic E-state index is 0.0215. The molecule has 1 aliphatic heterocycles. The van der Waals surface area contributed by atoms with E-state index in [2.05, 4.69) is 10.4 Å². The number of hydrogen-bond acceptors (Lipinski definition) is 6. The van der Waals surface area contributed by atoms with Gasteiger partial charge in [0.05, 0.1) is 40.5 Å². The van der Waals surface area contributed by atoms with Gasteiger partial charge in [-0.1, -0.05) is 0 Å². The third-order valence-corrected chi connectivity index (χ3v) is 7.50. The maximum atomic E-state index is 16.1. The van der Waals surface area contributed by atoms with Gasteiger partial charge >= 0.3 is 0 Å². The number of hydrogen-bond donors (Lipinski definition) is 2. The lowest BCUT2D eigenvalue weighted by Crippen LogP contribution is -2.23. The van der Waals surface area contributed by atoms with Crippen molar-refractivity contribution in [2.24, 2.45) is 0 Å². The average Bonchev–Trinajstić information content (AvgIpc) is 3.54. The number of aliphatic hydroxyl groups excluding tert-OH is 1. The number of carbonyl (C=O) groups excluding carboxylic acids is 1. The molecule has 2 N–H and O–H groups in total. The minimum atomic E-state index is -0.615. The number of fused-ring (bicyclic) bond motifs is 1. The zero-order chi connectivity index (χ0) is 28.0. The third-order valence-electron chi connectivity index (χ3n) is 7.50. The van der Waals surface area contributed by atoms with Gasteiger partial charge in [0.25, 0.3) is 5.91 Å². The Labute approximate surface area is 229 Å². The predicted molar refractivity (Wildman–Crippen MR) is 148 cm³/mol. The molecule has 1 aliphatic carbocycles. The van der Waals surface area contributed by atoms with E-state index < -0.39 is 17.8 Å². The summed E-state index contributed by atoms with van der Waals surface area (Å²) in [5.74, 6) is -1.24. The van der Waals surface area contributed by atoms with Crippen LogP contribution < -0.4 is 16.1 Å². The fraction of sp³-hybridized carbons (Fsp3) is 0.367. The van der Waals surface area contributed by atoms with Crippen LogP contribution in [-0.2, 0) is 9.47 Å². The molecule has 2 aliphatic rings. The van der Waals surface area contributed by atoms with Crippen LogP contribution in [0.5, 0.6) is 0 Å². The first kappa shape index (κ1) is 26.2. The number of anilines is 1. The molecule has 40 heavy (non-hydrogen) atoms. The number of halogens is 1. The lowest BCUT2D eigenvalue weighted by Gasteiger charge is -2.26. The van der Waals surface area contributed by atoms with Crippen LogP contribution in [0.1, 0.15) is 74.0 Å². The van der Waals surface area contributed by atoms with E-state index in [1.807, 2.05) is 17.8 Å². The first-order chi connectivity index (χ1) is 19.3. The summed E-state index contributed by atoms with van der Waals surface area (Å²) in [6.45, 7) is 4.00. The fourth-order valence-electron chi connectivity index (χ4n) is 5.15. The van der Waals surface area contributed by atoms with Crippen LogP contribution in [0.25, 0.3) is 22.4 Å².